The summed E-state index contributed by atoms with van der Waals surface area (Å²) in [7, 11) is 2.60. The molecule has 0 radical (unpaired) electrons. The predicted octanol–water partition coefficient (Wildman–Crippen LogP) is 5.33. The maximum atomic E-state index is 14.6. The number of aromatic hydroxyl groups is 4. The standard InChI is InChI=1S/C48H60N2O15/c1-22-12-11-13-23(2)46(59)50-37-31(21-49-32(47(60)62-10)20-29-14-16-30(52)17-15-29)41(56)34-35(42(37)57)40(55)27(6)44-36(34)45(58)48(8,65-44)63-19-18-33(61-9)24(3)43(64-28(7)51)26(5)39(54)25(4)38(22)53/h11-19,22,24-26,32-33,38-39,43,49,52-57H,20-21H2,1-10H3,(H,50,59)/b12-11+,19-18+,23-13-/t22-,24+,25+,26+,32-,33-,38-,39+,43+,48-/m0/s1. The van der Waals surface area contributed by atoms with Gasteiger partial charge >= 0.3 is 17.7 Å². The Morgan fingerprint density at radius 2 is 1.55 bits per heavy atom. The number of anilines is 1. The first kappa shape index (κ1) is 49.9. The summed E-state index contributed by atoms with van der Waals surface area (Å²) in [4.78, 5) is 53.9. The van der Waals surface area contributed by atoms with Crippen LogP contribution < -0.4 is 15.4 Å². The Bertz CT molecular complexity index is 2390. The summed E-state index contributed by atoms with van der Waals surface area (Å²) >= 11 is 0. The van der Waals surface area contributed by atoms with Gasteiger partial charge < -0.3 is 59.6 Å². The molecule has 0 saturated heterocycles. The third-order valence-corrected chi connectivity index (χ3v) is 12.5. The van der Waals surface area contributed by atoms with E-state index >= 15 is 0 Å². The molecule has 352 valence electrons. The number of hydrogen-bond donors (Lipinski definition) is 8. The predicted molar refractivity (Wildman–Crippen MR) is 238 cm³/mol. The van der Waals surface area contributed by atoms with E-state index in [2.05, 4.69) is 10.6 Å². The number of carbonyl (C=O) groups is 4. The van der Waals surface area contributed by atoms with Crippen molar-refractivity contribution in [3.63, 3.8) is 0 Å². The first-order valence-electron chi connectivity index (χ1n) is 21.2. The molecule has 10 atom stereocenters. The van der Waals surface area contributed by atoms with Gasteiger partial charge in [0.05, 0.1) is 48.3 Å². The van der Waals surface area contributed by atoms with Crippen molar-refractivity contribution < 1.29 is 73.5 Å². The maximum Gasteiger partial charge on any atom is 0.323 e. The average molecular weight is 905 g/mol. The van der Waals surface area contributed by atoms with Crippen LogP contribution in [0.15, 0.2) is 60.4 Å². The van der Waals surface area contributed by atoms with Gasteiger partial charge in [-0.2, -0.15) is 0 Å². The molecule has 3 aliphatic heterocycles. The number of Topliss-reactive ketones (excluding diaryl/α,β-unsaturated/α-hetero) is 1. The van der Waals surface area contributed by atoms with Gasteiger partial charge in [0.25, 0.3) is 11.7 Å². The van der Waals surface area contributed by atoms with Crippen LogP contribution in [0, 0.1) is 30.6 Å². The van der Waals surface area contributed by atoms with Crippen LogP contribution in [-0.2, 0) is 46.3 Å². The maximum absolute atomic E-state index is 14.6. The quantitative estimate of drug-likeness (QED) is 0.0807. The van der Waals surface area contributed by atoms with E-state index in [0.717, 1.165) is 6.26 Å². The van der Waals surface area contributed by atoms with Gasteiger partial charge in [-0.3, -0.25) is 24.5 Å². The number of rotatable bonds is 8. The van der Waals surface area contributed by atoms with Gasteiger partial charge in [0.1, 0.15) is 35.1 Å². The van der Waals surface area contributed by atoms with Crippen LogP contribution in [0.2, 0.25) is 0 Å². The molecule has 3 heterocycles. The van der Waals surface area contributed by atoms with Gasteiger partial charge in [-0.1, -0.05) is 58.1 Å². The SMILES string of the molecule is COC(=O)[C@H](Cc1ccc(O)cc1)NCc1c2c(O)c3c(O)c(C)c4c(c3c1O)C(=O)[C@@](C)(O/C=C/[C@H](OC)[C@@H](C)[C@@H](OC(C)=O)[C@H](C)[C@H](O)[C@H](C)[C@@H](O)[C@@H](C)/C=C/C=C(/C)C(=O)N2)O4. The summed E-state index contributed by atoms with van der Waals surface area (Å²) < 4.78 is 28.7. The van der Waals surface area contributed by atoms with Crippen molar-refractivity contribution in [2.45, 2.75) is 105 Å². The Balaban J connectivity index is 1.70. The molecule has 0 unspecified atom stereocenters. The lowest BCUT2D eigenvalue weighted by Gasteiger charge is -2.38. The van der Waals surface area contributed by atoms with E-state index in [4.69, 9.17) is 23.7 Å². The highest BCUT2D eigenvalue weighted by Crippen LogP contribution is 2.55. The zero-order valence-corrected chi connectivity index (χ0v) is 38.2. The van der Waals surface area contributed by atoms with Gasteiger partial charge in [0.15, 0.2) is 5.75 Å². The monoisotopic (exact) mass is 904 g/mol. The number of allylic oxidation sites excluding steroid dienone is 2. The molecule has 17 heteroatoms. The number of methoxy groups -OCH3 is 2. The van der Waals surface area contributed by atoms with Gasteiger partial charge in [-0.15, -0.1) is 0 Å². The van der Waals surface area contributed by atoms with E-state index in [1.165, 1.54) is 72.3 Å². The van der Waals surface area contributed by atoms with Crippen LogP contribution in [-0.4, -0.2) is 105 Å². The van der Waals surface area contributed by atoms with Crippen molar-refractivity contribution in [2.24, 2.45) is 23.7 Å². The summed E-state index contributed by atoms with van der Waals surface area (Å²) in [6.07, 6.45) is 3.25. The zero-order chi connectivity index (χ0) is 48.2. The van der Waals surface area contributed by atoms with Crippen LogP contribution in [0.1, 0.15) is 75.5 Å². The Morgan fingerprint density at radius 3 is 2.17 bits per heavy atom. The number of hydrogen-bond acceptors (Lipinski definition) is 16. The molecule has 5 bridgehead atoms. The highest BCUT2D eigenvalue weighted by molar-refractivity contribution is 6.22. The molecule has 0 fully saturated rings. The van der Waals surface area contributed by atoms with E-state index in [0.29, 0.717) is 5.56 Å². The number of aliphatic hydroxyl groups excluding tert-OH is 2. The molecule has 0 aliphatic carbocycles. The summed E-state index contributed by atoms with van der Waals surface area (Å²) in [5, 5.41) is 73.7. The lowest BCUT2D eigenvalue weighted by Crippen LogP contribution is -2.46. The first-order chi connectivity index (χ1) is 30.6. The van der Waals surface area contributed by atoms with E-state index in [1.54, 1.807) is 45.9 Å². The van der Waals surface area contributed by atoms with Gasteiger partial charge in [-0.05, 0) is 44.0 Å². The number of aliphatic hydroxyl groups is 2. The lowest BCUT2D eigenvalue weighted by atomic mass is 9.78. The van der Waals surface area contributed by atoms with E-state index < -0.39 is 113 Å². The Morgan fingerprint density at radius 1 is 0.892 bits per heavy atom. The summed E-state index contributed by atoms with van der Waals surface area (Å²) in [6.45, 7) is 11.8. The number of nitrogens with one attached hydrogen (secondary N) is 2. The van der Waals surface area contributed by atoms with E-state index in [-0.39, 0.29) is 51.3 Å². The Labute approximate surface area is 377 Å². The van der Waals surface area contributed by atoms with Crippen LogP contribution >= 0.6 is 0 Å². The van der Waals surface area contributed by atoms with Crippen molar-refractivity contribution in [1.29, 1.82) is 0 Å². The fraction of sp³-hybridized carbons (Fsp3) is 0.458. The highest BCUT2D eigenvalue weighted by Gasteiger charge is 2.50. The van der Waals surface area contributed by atoms with Crippen LogP contribution in [0.25, 0.3) is 10.8 Å². The Hall–Kier alpha value is -6.14. The third-order valence-electron chi connectivity index (χ3n) is 12.5. The van der Waals surface area contributed by atoms with Crippen molar-refractivity contribution in [2.75, 3.05) is 19.5 Å². The normalized spacial score (nSPS) is 28.6. The molecule has 3 aromatic carbocycles. The van der Waals surface area contributed by atoms with Gasteiger partial charge in [0.2, 0.25) is 0 Å². The Kier molecular flexibility index (Phi) is 15.6. The number of esters is 2. The molecular formula is C48H60N2O15. The number of ether oxygens (including phenoxy) is 5. The van der Waals surface area contributed by atoms with Gasteiger partial charge in [-0.25, -0.2) is 0 Å². The molecule has 8 N–H and O–H groups in total. The largest absolute Gasteiger partial charge is 0.508 e. The van der Waals surface area contributed by atoms with Crippen molar-refractivity contribution >= 4 is 40.1 Å². The lowest BCUT2D eigenvalue weighted by molar-refractivity contribution is -0.160. The number of benzene rings is 3. The zero-order valence-electron chi connectivity index (χ0n) is 38.2. The smallest absolute Gasteiger partial charge is 0.323 e. The van der Waals surface area contributed by atoms with E-state index in [1.807, 2.05) is 0 Å². The minimum absolute atomic E-state index is 0.00732. The molecule has 6 rings (SSSR count). The summed E-state index contributed by atoms with van der Waals surface area (Å²) in [5.41, 5.74) is -0.0906. The molecule has 17 nitrogen and oxygen atoms in total. The molecule has 0 spiro atoms. The molecule has 3 aromatic rings. The third kappa shape index (κ3) is 10.2. The molecular weight excluding hydrogens is 845 g/mol. The average Bonchev–Trinajstić information content (AvgIpc) is 3.54. The van der Waals surface area contributed by atoms with Crippen LogP contribution in [0.3, 0.4) is 0 Å². The number of phenols is 4. The van der Waals surface area contributed by atoms with Crippen molar-refractivity contribution in [1.82, 2.24) is 5.32 Å². The molecule has 0 aromatic heterocycles. The molecule has 1 amide bonds. The minimum atomic E-state index is -2.12. The molecule has 0 saturated carbocycles. The second-order valence-corrected chi connectivity index (χ2v) is 17.0. The topological polar surface area (TPSA) is 260 Å². The fourth-order valence-corrected chi connectivity index (χ4v) is 8.43. The summed E-state index contributed by atoms with van der Waals surface area (Å²) in [5.74, 6) is -9.79. The molecule has 65 heavy (non-hydrogen) atoms. The highest BCUT2D eigenvalue weighted by atomic mass is 16.7. The number of fused-ring (bicyclic) bond motifs is 14. The van der Waals surface area contributed by atoms with Crippen molar-refractivity contribution in [3.05, 3.63) is 82.7 Å². The van der Waals surface area contributed by atoms with Gasteiger partial charge in [0, 0.05) is 73.3 Å². The second kappa shape index (κ2) is 20.4. The number of amides is 1. The first-order valence-corrected chi connectivity index (χ1v) is 21.2. The van der Waals surface area contributed by atoms with Crippen LogP contribution in [0.5, 0.6) is 28.7 Å². The second-order valence-electron chi connectivity index (χ2n) is 17.0. The summed E-state index contributed by atoms with van der Waals surface area (Å²) in [6, 6.07) is 5.02. The van der Waals surface area contributed by atoms with Crippen LogP contribution in [0.4, 0.5) is 5.69 Å². The number of ketones is 1. The molecule has 3 aliphatic rings. The number of phenolic OH excluding ortho intramolecular Hbond substituents is 4. The van der Waals surface area contributed by atoms with E-state index in [9.17, 15) is 49.8 Å². The number of carbonyl (C=O) groups excluding carboxylic acids is 4. The van der Waals surface area contributed by atoms with Crippen molar-refractivity contribution in [3.8, 4) is 28.7 Å². The fourth-order valence-electron chi connectivity index (χ4n) is 8.43. The minimum Gasteiger partial charge on any atom is -0.508 e.